The molecule has 0 aromatic heterocycles. The van der Waals surface area contributed by atoms with Crippen LogP contribution in [0.4, 0.5) is 5.69 Å². The highest BCUT2D eigenvalue weighted by Gasteiger charge is 2.26. The van der Waals surface area contributed by atoms with E-state index < -0.39 is 16.9 Å². The van der Waals surface area contributed by atoms with Gasteiger partial charge < -0.3 is 16.4 Å². The van der Waals surface area contributed by atoms with Crippen molar-refractivity contribution in [2.45, 2.75) is 50.2 Å². The lowest BCUT2D eigenvalue weighted by Gasteiger charge is -2.28. The molecule has 1 aromatic rings. The SMILES string of the molecule is CSCCC(NC(=O)c1cccc([N+](=O)[O-])c1)C(=O)NC1CCC(N)CC1. The average molecular weight is 394 g/mol. The van der Waals surface area contributed by atoms with Gasteiger partial charge in [-0.25, -0.2) is 0 Å². The number of rotatable bonds is 8. The normalized spacial score (nSPS) is 20.5. The Bertz CT molecular complexity index is 677. The van der Waals surface area contributed by atoms with Crippen LogP contribution in [0.1, 0.15) is 42.5 Å². The van der Waals surface area contributed by atoms with Crippen LogP contribution in [0, 0.1) is 10.1 Å². The Morgan fingerprint density at radius 3 is 2.67 bits per heavy atom. The summed E-state index contributed by atoms with van der Waals surface area (Å²) in [7, 11) is 0. The molecule has 2 rings (SSSR count). The number of hydrogen-bond donors (Lipinski definition) is 3. The summed E-state index contributed by atoms with van der Waals surface area (Å²) in [5.41, 5.74) is 5.90. The molecule has 0 radical (unpaired) electrons. The zero-order valence-corrected chi connectivity index (χ0v) is 16.2. The summed E-state index contributed by atoms with van der Waals surface area (Å²) in [6, 6.07) is 5.07. The number of amides is 2. The number of hydrogen-bond acceptors (Lipinski definition) is 6. The number of nitrogens with two attached hydrogens (primary N) is 1. The Morgan fingerprint density at radius 2 is 2.04 bits per heavy atom. The van der Waals surface area contributed by atoms with Gasteiger partial charge in [-0.15, -0.1) is 0 Å². The zero-order chi connectivity index (χ0) is 19.8. The number of carbonyl (C=O) groups excluding carboxylic acids is 2. The van der Waals surface area contributed by atoms with E-state index in [2.05, 4.69) is 10.6 Å². The van der Waals surface area contributed by atoms with E-state index in [0.717, 1.165) is 25.7 Å². The second-order valence-electron chi connectivity index (χ2n) is 6.74. The molecule has 4 N–H and O–H groups in total. The summed E-state index contributed by atoms with van der Waals surface area (Å²) in [6.45, 7) is 0. The number of nitro benzene ring substituents is 1. The van der Waals surface area contributed by atoms with Crippen molar-refractivity contribution in [1.29, 1.82) is 0 Å². The molecule has 1 fully saturated rings. The van der Waals surface area contributed by atoms with Gasteiger partial charge in [0, 0.05) is 29.8 Å². The molecule has 0 saturated heterocycles. The van der Waals surface area contributed by atoms with E-state index in [0.29, 0.717) is 12.2 Å². The molecule has 0 bridgehead atoms. The maximum Gasteiger partial charge on any atom is 0.270 e. The molecule has 1 aliphatic carbocycles. The predicted molar refractivity (Wildman–Crippen MR) is 106 cm³/mol. The fourth-order valence-corrected chi connectivity index (χ4v) is 3.54. The van der Waals surface area contributed by atoms with Crippen LogP contribution in [0.15, 0.2) is 24.3 Å². The maximum atomic E-state index is 12.7. The number of benzene rings is 1. The van der Waals surface area contributed by atoms with Crippen LogP contribution in [-0.2, 0) is 4.79 Å². The van der Waals surface area contributed by atoms with Gasteiger partial charge in [0.25, 0.3) is 11.6 Å². The van der Waals surface area contributed by atoms with E-state index in [1.807, 2.05) is 6.26 Å². The first-order valence-electron chi connectivity index (χ1n) is 9.01. The summed E-state index contributed by atoms with van der Waals surface area (Å²) in [5, 5.41) is 16.6. The second kappa shape index (κ2) is 10.3. The number of nitro groups is 1. The van der Waals surface area contributed by atoms with Gasteiger partial charge in [0.15, 0.2) is 0 Å². The summed E-state index contributed by atoms with van der Waals surface area (Å²) >= 11 is 1.59. The number of nitrogens with zero attached hydrogens (tertiary/aromatic N) is 1. The minimum absolute atomic E-state index is 0.0730. The van der Waals surface area contributed by atoms with Gasteiger partial charge in [-0.05, 0) is 50.2 Å². The second-order valence-corrected chi connectivity index (χ2v) is 7.72. The quantitative estimate of drug-likeness (QED) is 0.456. The van der Waals surface area contributed by atoms with Gasteiger partial charge >= 0.3 is 0 Å². The Kier molecular flexibility index (Phi) is 8.05. The fraction of sp³-hybridized carbons (Fsp3) is 0.556. The smallest absolute Gasteiger partial charge is 0.270 e. The van der Waals surface area contributed by atoms with E-state index >= 15 is 0 Å². The highest BCUT2D eigenvalue weighted by atomic mass is 32.2. The molecule has 0 heterocycles. The van der Waals surface area contributed by atoms with Crippen molar-refractivity contribution >= 4 is 29.3 Å². The first kappa shape index (κ1) is 21.2. The average Bonchev–Trinajstić information content (AvgIpc) is 2.66. The molecule has 1 aliphatic rings. The van der Waals surface area contributed by atoms with Crippen molar-refractivity contribution < 1.29 is 14.5 Å². The van der Waals surface area contributed by atoms with Crippen molar-refractivity contribution in [3.8, 4) is 0 Å². The minimum atomic E-state index is -0.681. The summed E-state index contributed by atoms with van der Waals surface area (Å²) in [5.74, 6) is -0.00281. The molecule has 1 aromatic carbocycles. The van der Waals surface area contributed by atoms with Gasteiger partial charge in [0.05, 0.1) is 4.92 Å². The van der Waals surface area contributed by atoms with Crippen LogP contribution in [-0.4, -0.2) is 46.9 Å². The van der Waals surface area contributed by atoms with Crippen molar-refractivity contribution in [2.75, 3.05) is 12.0 Å². The molecule has 2 amide bonds. The minimum Gasteiger partial charge on any atom is -0.352 e. The first-order chi connectivity index (χ1) is 12.9. The fourth-order valence-electron chi connectivity index (χ4n) is 3.07. The van der Waals surface area contributed by atoms with Gasteiger partial charge in [-0.3, -0.25) is 19.7 Å². The van der Waals surface area contributed by atoms with Crippen LogP contribution in [0.3, 0.4) is 0 Å². The highest BCUT2D eigenvalue weighted by Crippen LogP contribution is 2.17. The predicted octanol–water partition coefficient (Wildman–Crippen LogP) is 1.83. The molecule has 148 valence electrons. The molecular formula is C18H26N4O4S. The van der Waals surface area contributed by atoms with E-state index in [4.69, 9.17) is 5.73 Å². The van der Waals surface area contributed by atoms with Crippen LogP contribution in [0.5, 0.6) is 0 Å². The molecule has 0 spiro atoms. The number of thioether (sulfide) groups is 1. The maximum absolute atomic E-state index is 12.7. The lowest BCUT2D eigenvalue weighted by atomic mass is 9.91. The van der Waals surface area contributed by atoms with E-state index in [9.17, 15) is 19.7 Å². The van der Waals surface area contributed by atoms with Crippen molar-refractivity contribution in [2.24, 2.45) is 5.73 Å². The van der Waals surface area contributed by atoms with E-state index in [-0.39, 0.29) is 29.2 Å². The third kappa shape index (κ3) is 6.51. The third-order valence-corrected chi connectivity index (χ3v) is 5.31. The molecule has 9 heteroatoms. The van der Waals surface area contributed by atoms with E-state index in [1.54, 1.807) is 11.8 Å². The van der Waals surface area contributed by atoms with E-state index in [1.165, 1.54) is 24.3 Å². The van der Waals surface area contributed by atoms with Crippen molar-refractivity contribution in [3.05, 3.63) is 39.9 Å². The molecular weight excluding hydrogens is 368 g/mol. The Morgan fingerprint density at radius 1 is 1.33 bits per heavy atom. The summed E-state index contributed by atoms with van der Waals surface area (Å²) in [4.78, 5) is 35.5. The molecule has 0 aliphatic heterocycles. The van der Waals surface area contributed by atoms with Crippen LogP contribution in [0.25, 0.3) is 0 Å². The third-order valence-electron chi connectivity index (χ3n) is 4.67. The molecule has 1 atom stereocenters. The molecule has 1 unspecified atom stereocenters. The lowest BCUT2D eigenvalue weighted by molar-refractivity contribution is -0.384. The topological polar surface area (TPSA) is 127 Å². The standard InChI is InChI=1S/C18H26N4O4S/c1-27-10-9-16(18(24)20-14-7-5-13(19)6-8-14)21-17(23)12-3-2-4-15(11-12)22(25)26/h2-4,11,13-14,16H,5-10,19H2,1H3,(H,20,24)(H,21,23). The van der Waals surface area contributed by atoms with Crippen LogP contribution in [0.2, 0.25) is 0 Å². The van der Waals surface area contributed by atoms with Gasteiger partial charge in [0.1, 0.15) is 6.04 Å². The lowest BCUT2D eigenvalue weighted by Crippen LogP contribution is -2.51. The molecule has 1 saturated carbocycles. The largest absolute Gasteiger partial charge is 0.352 e. The highest BCUT2D eigenvalue weighted by molar-refractivity contribution is 7.98. The zero-order valence-electron chi connectivity index (χ0n) is 15.3. The number of nitrogens with one attached hydrogen (secondary N) is 2. The Balaban J connectivity index is 2.02. The van der Waals surface area contributed by atoms with Gasteiger partial charge in [0.2, 0.25) is 5.91 Å². The van der Waals surface area contributed by atoms with Crippen molar-refractivity contribution in [3.63, 3.8) is 0 Å². The van der Waals surface area contributed by atoms with Crippen molar-refractivity contribution in [1.82, 2.24) is 10.6 Å². The van der Waals surface area contributed by atoms with Crippen LogP contribution < -0.4 is 16.4 Å². The Hall–Kier alpha value is -2.13. The Labute approximate surface area is 162 Å². The van der Waals surface area contributed by atoms with Gasteiger partial charge in [-0.1, -0.05) is 6.07 Å². The monoisotopic (exact) mass is 394 g/mol. The molecule has 8 nitrogen and oxygen atoms in total. The van der Waals surface area contributed by atoms with Crippen LogP contribution >= 0.6 is 11.8 Å². The summed E-state index contributed by atoms with van der Waals surface area (Å²) in [6.07, 6.45) is 5.84. The first-order valence-corrected chi connectivity index (χ1v) is 10.4. The summed E-state index contributed by atoms with van der Waals surface area (Å²) < 4.78 is 0. The molecule has 27 heavy (non-hydrogen) atoms. The number of non-ortho nitro benzene ring substituents is 1. The number of carbonyl (C=O) groups is 2. The van der Waals surface area contributed by atoms with Gasteiger partial charge in [-0.2, -0.15) is 11.8 Å².